The van der Waals surface area contributed by atoms with Crippen molar-refractivity contribution >= 4 is 23.5 Å². The van der Waals surface area contributed by atoms with Crippen LogP contribution in [-0.2, 0) is 4.79 Å². The lowest BCUT2D eigenvalue weighted by atomic mass is 10.0. The van der Waals surface area contributed by atoms with Crippen LogP contribution in [-0.4, -0.2) is 33.7 Å². The molecule has 0 radical (unpaired) electrons. The zero-order valence-electron chi connectivity index (χ0n) is 15.9. The van der Waals surface area contributed by atoms with Crippen molar-refractivity contribution in [3.8, 4) is 17.2 Å². The van der Waals surface area contributed by atoms with Crippen LogP contribution in [0.1, 0.15) is 27.6 Å². The van der Waals surface area contributed by atoms with E-state index in [9.17, 15) is 9.90 Å². The van der Waals surface area contributed by atoms with Gasteiger partial charge in [0.25, 0.3) is 0 Å². The Hall–Kier alpha value is -2.93. The van der Waals surface area contributed by atoms with Crippen molar-refractivity contribution in [1.82, 2.24) is 9.78 Å². The van der Waals surface area contributed by atoms with E-state index >= 15 is 0 Å². The van der Waals surface area contributed by atoms with Gasteiger partial charge in [0.05, 0.1) is 29.5 Å². The van der Waals surface area contributed by atoms with Gasteiger partial charge in [-0.1, -0.05) is 23.8 Å². The molecule has 0 bridgehead atoms. The molecule has 3 aromatic rings. The summed E-state index contributed by atoms with van der Waals surface area (Å²) in [6.45, 7) is 3.98. The molecule has 7 heteroatoms. The molecule has 2 aromatic carbocycles. The van der Waals surface area contributed by atoms with Gasteiger partial charge in [0.15, 0.2) is 11.5 Å². The zero-order chi connectivity index (χ0) is 19.8. The van der Waals surface area contributed by atoms with E-state index in [1.165, 1.54) is 18.9 Å². The number of phenols is 1. The number of nitrogens with one attached hydrogen (secondary N) is 1. The lowest BCUT2D eigenvalue weighted by molar-refractivity contribution is -0.113. The molecule has 28 heavy (non-hydrogen) atoms. The summed E-state index contributed by atoms with van der Waals surface area (Å²) < 4.78 is 7.06. The molecule has 6 nitrogen and oxygen atoms in total. The number of aromatic hydroxyl groups is 1. The van der Waals surface area contributed by atoms with E-state index in [0.717, 1.165) is 28.1 Å². The molecule has 1 aliphatic rings. The van der Waals surface area contributed by atoms with Crippen LogP contribution < -0.4 is 10.1 Å². The molecule has 144 valence electrons. The fraction of sp³-hybridized carbons (Fsp3) is 0.238. The number of benzene rings is 2. The zero-order valence-corrected chi connectivity index (χ0v) is 16.7. The van der Waals surface area contributed by atoms with Gasteiger partial charge in [-0.05, 0) is 43.7 Å². The number of aryl methyl sites for hydroxylation is 2. The van der Waals surface area contributed by atoms with Gasteiger partial charge in [0.1, 0.15) is 5.82 Å². The summed E-state index contributed by atoms with van der Waals surface area (Å²) in [6, 6.07) is 13.3. The van der Waals surface area contributed by atoms with Crippen LogP contribution in [0, 0.1) is 13.8 Å². The van der Waals surface area contributed by atoms with Crippen molar-refractivity contribution in [2.75, 3.05) is 18.2 Å². The first kappa shape index (κ1) is 18.4. The number of aromatic nitrogens is 2. The number of phenolic OH excluding ortho intramolecular Hbond substituents is 1. The smallest absolute Gasteiger partial charge is 0.235 e. The predicted octanol–water partition coefficient (Wildman–Crippen LogP) is 3.98. The van der Waals surface area contributed by atoms with Crippen LogP contribution in [0.2, 0.25) is 0 Å². The van der Waals surface area contributed by atoms with Gasteiger partial charge in [-0.3, -0.25) is 4.79 Å². The Morgan fingerprint density at radius 2 is 1.96 bits per heavy atom. The van der Waals surface area contributed by atoms with E-state index in [2.05, 4.69) is 5.32 Å². The molecule has 2 heterocycles. The summed E-state index contributed by atoms with van der Waals surface area (Å²) in [5.74, 6) is 1.45. The maximum atomic E-state index is 12.4. The summed E-state index contributed by atoms with van der Waals surface area (Å²) >= 11 is 1.54. The van der Waals surface area contributed by atoms with E-state index < -0.39 is 0 Å². The van der Waals surface area contributed by atoms with Gasteiger partial charge >= 0.3 is 0 Å². The normalized spacial score (nSPS) is 16.2. The minimum absolute atomic E-state index is 0.0623. The standard InChI is InChI=1S/C21H21N3O3S/c1-12-4-7-15(8-5-12)24-21-19(13(2)23-24)20(28-11-18(26)22-21)14-6-9-16(25)17(10-14)27-3/h4-10,20,25H,11H2,1-3H3,(H,22,26). The fourth-order valence-corrected chi connectivity index (χ4v) is 4.56. The average Bonchev–Trinajstić information content (AvgIpc) is 2.89. The molecular formula is C21H21N3O3S. The summed E-state index contributed by atoms with van der Waals surface area (Å²) in [4.78, 5) is 12.4. The lowest BCUT2D eigenvalue weighted by Crippen LogP contribution is -2.15. The second-order valence-electron chi connectivity index (χ2n) is 6.77. The first-order valence-corrected chi connectivity index (χ1v) is 9.97. The van der Waals surface area contributed by atoms with Gasteiger partial charge in [-0.25, -0.2) is 4.68 Å². The monoisotopic (exact) mass is 395 g/mol. The highest BCUT2D eigenvalue weighted by Gasteiger charge is 2.31. The summed E-state index contributed by atoms with van der Waals surface area (Å²) in [6.07, 6.45) is 0. The van der Waals surface area contributed by atoms with Crippen LogP contribution in [0.15, 0.2) is 42.5 Å². The molecule has 0 aliphatic carbocycles. The van der Waals surface area contributed by atoms with Gasteiger partial charge in [0.2, 0.25) is 5.91 Å². The Labute approximate surface area is 167 Å². The number of amides is 1. The van der Waals surface area contributed by atoms with Crippen LogP contribution in [0.5, 0.6) is 11.5 Å². The number of hydrogen-bond acceptors (Lipinski definition) is 5. The predicted molar refractivity (Wildman–Crippen MR) is 111 cm³/mol. The highest BCUT2D eigenvalue weighted by Crippen LogP contribution is 2.45. The molecular weight excluding hydrogens is 374 g/mol. The molecule has 0 fully saturated rings. The largest absolute Gasteiger partial charge is 0.504 e. The van der Waals surface area contributed by atoms with Gasteiger partial charge in [0, 0.05) is 5.56 Å². The molecule has 1 aliphatic heterocycles. The molecule has 2 N–H and O–H groups in total. The Balaban J connectivity index is 1.87. The molecule has 0 saturated heterocycles. The third-order valence-corrected chi connectivity index (χ3v) is 6.06. The molecule has 0 saturated carbocycles. The minimum Gasteiger partial charge on any atom is -0.504 e. The Morgan fingerprint density at radius 1 is 1.21 bits per heavy atom. The van der Waals surface area contributed by atoms with Gasteiger partial charge < -0.3 is 15.2 Å². The highest BCUT2D eigenvalue weighted by molar-refractivity contribution is 8.00. The summed E-state index contributed by atoms with van der Waals surface area (Å²) in [7, 11) is 1.52. The first-order chi connectivity index (χ1) is 13.5. The SMILES string of the molecule is COc1cc(C2SCC(=O)Nc3c2c(C)nn3-c2ccc(C)cc2)ccc1O. The number of carbonyl (C=O) groups is 1. The fourth-order valence-electron chi connectivity index (χ4n) is 3.38. The Morgan fingerprint density at radius 3 is 2.68 bits per heavy atom. The molecule has 1 aromatic heterocycles. The number of fused-ring (bicyclic) bond motifs is 1. The number of hydrogen-bond donors (Lipinski definition) is 2. The maximum absolute atomic E-state index is 12.4. The average molecular weight is 395 g/mol. The number of anilines is 1. The summed E-state index contributed by atoms with van der Waals surface area (Å²) in [5, 5.41) is 17.6. The maximum Gasteiger partial charge on any atom is 0.235 e. The Kier molecular flexibility index (Phi) is 4.77. The molecule has 1 unspecified atom stereocenters. The molecule has 1 amide bonds. The number of nitrogens with zero attached hydrogens (tertiary/aromatic N) is 2. The second kappa shape index (κ2) is 7.24. The van der Waals surface area contributed by atoms with Crippen LogP contribution in [0.25, 0.3) is 5.69 Å². The van der Waals surface area contributed by atoms with E-state index in [1.54, 1.807) is 10.7 Å². The Bertz CT molecular complexity index is 1040. The number of rotatable bonds is 3. The molecule has 0 spiro atoms. The quantitative estimate of drug-likeness (QED) is 0.702. The third kappa shape index (κ3) is 3.22. The van der Waals surface area contributed by atoms with E-state index in [0.29, 0.717) is 17.3 Å². The van der Waals surface area contributed by atoms with Crippen molar-refractivity contribution in [3.63, 3.8) is 0 Å². The van der Waals surface area contributed by atoms with Crippen molar-refractivity contribution in [3.05, 3.63) is 64.8 Å². The lowest BCUT2D eigenvalue weighted by Gasteiger charge is -2.16. The first-order valence-electron chi connectivity index (χ1n) is 8.93. The second-order valence-corrected chi connectivity index (χ2v) is 7.86. The molecule has 1 atom stereocenters. The van der Waals surface area contributed by atoms with Crippen LogP contribution >= 0.6 is 11.8 Å². The van der Waals surface area contributed by atoms with Crippen molar-refractivity contribution in [1.29, 1.82) is 0 Å². The number of thioether (sulfide) groups is 1. The van der Waals surface area contributed by atoms with Crippen molar-refractivity contribution in [2.45, 2.75) is 19.1 Å². The van der Waals surface area contributed by atoms with E-state index in [1.807, 2.05) is 50.2 Å². The number of ether oxygens (including phenoxy) is 1. The number of methoxy groups -OCH3 is 1. The third-order valence-electron chi connectivity index (χ3n) is 4.79. The minimum atomic E-state index is -0.109. The van der Waals surface area contributed by atoms with Crippen LogP contribution in [0.4, 0.5) is 5.82 Å². The van der Waals surface area contributed by atoms with Gasteiger partial charge in [-0.15, -0.1) is 11.8 Å². The van der Waals surface area contributed by atoms with Crippen molar-refractivity contribution < 1.29 is 14.6 Å². The van der Waals surface area contributed by atoms with E-state index in [-0.39, 0.29) is 16.9 Å². The number of carbonyl (C=O) groups excluding carboxylic acids is 1. The van der Waals surface area contributed by atoms with Crippen LogP contribution in [0.3, 0.4) is 0 Å². The van der Waals surface area contributed by atoms with E-state index in [4.69, 9.17) is 9.84 Å². The molecule has 4 rings (SSSR count). The highest BCUT2D eigenvalue weighted by atomic mass is 32.2. The summed E-state index contributed by atoms with van der Waals surface area (Å²) in [5.41, 5.74) is 4.81. The van der Waals surface area contributed by atoms with Gasteiger partial charge in [-0.2, -0.15) is 5.10 Å². The topological polar surface area (TPSA) is 76.4 Å². The van der Waals surface area contributed by atoms with Crippen molar-refractivity contribution in [2.24, 2.45) is 0 Å².